The number of hydrogen-bond donors (Lipinski definition) is 0. The summed E-state index contributed by atoms with van der Waals surface area (Å²) < 4.78 is 5.12. The van der Waals surface area contributed by atoms with E-state index < -0.39 is 0 Å². The standard InChI is InChI=1S/C13H16O2/c1-10(2)4-5-11-8-13(15-3)7-6-12(11)9-14/h6-9H,1,4-5H2,2-3H3. The summed E-state index contributed by atoms with van der Waals surface area (Å²) in [6.45, 7) is 5.84. The Bertz CT molecular complexity index is 367. The monoisotopic (exact) mass is 204 g/mol. The van der Waals surface area contributed by atoms with E-state index in [-0.39, 0.29) is 0 Å². The largest absolute Gasteiger partial charge is 0.497 e. The van der Waals surface area contributed by atoms with Crippen molar-refractivity contribution < 1.29 is 9.53 Å². The number of rotatable bonds is 5. The van der Waals surface area contributed by atoms with Crippen molar-refractivity contribution in [3.8, 4) is 5.75 Å². The Morgan fingerprint density at radius 3 is 2.80 bits per heavy atom. The lowest BCUT2D eigenvalue weighted by Gasteiger charge is -2.07. The second-order valence-corrected chi connectivity index (χ2v) is 3.64. The molecular weight excluding hydrogens is 188 g/mol. The zero-order chi connectivity index (χ0) is 11.3. The van der Waals surface area contributed by atoms with Crippen LogP contribution in [0.1, 0.15) is 29.3 Å². The molecule has 2 nitrogen and oxygen atoms in total. The van der Waals surface area contributed by atoms with Crippen LogP contribution in [-0.4, -0.2) is 13.4 Å². The Morgan fingerprint density at radius 1 is 1.53 bits per heavy atom. The molecule has 0 radical (unpaired) electrons. The molecule has 0 saturated heterocycles. The average Bonchev–Trinajstić information content (AvgIpc) is 2.25. The Balaban J connectivity index is 2.90. The summed E-state index contributed by atoms with van der Waals surface area (Å²) in [4.78, 5) is 10.8. The van der Waals surface area contributed by atoms with Crippen LogP contribution in [0.15, 0.2) is 30.4 Å². The fourth-order valence-corrected chi connectivity index (χ4v) is 1.39. The van der Waals surface area contributed by atoms with Gasteiger partial charge in [0.1, 0.15) is 12.0 Å². The Kier molecular flexibility index (Phi) is 4.10. The number of hydrogen-bond acceptors (Lipinski definition) is 2. The highest BCUT2D eigenvalue weighted by Gasteiger charge is 2.03. The zero-order valence-electron chi connectivity index (χ0n) is 9.25. The quantitative estimate of drug-likeness (QED) is 0.544. The van der Waals surface area contributed by atoms with Gasteiger partial charge in [-0.1, -0.05) is 5.57 Å². The molecule has 0 atom stereocenters. The first kappa shape index (κ1) is 11.5. The summed E-state index contributed by atoms with van der Waals surface area (Å²) in [7, 11) is 1.62. The van der Waals surface area contributed by atoms with Crippen molar-refractivity contribution in [1.82, 2.24) is 0 Å². The van der Waals surface area contributed by atoms with Gasteiger partial charge in [-0.3, -0.25) is 4.79 Å². The number of allylic oxidation sites excluding steroid dienone is 1. The van der Waals surface area contributed by atoms with Crippen molar-refractivity contribution in [3.63, 3.8) is 0 Å². The highest BCUT2D eigenvalue weighted by Crippen LogP contribution is 2.19. The molecule has 0 fully saturated rings. The highest BCUT2D eigenvalue weighted by molar-refractivity contribution is 5.77. The van der Waals surface area contributed by atoms with Crippen molar-refractivity contribution in [3.05, 3.63) is 41.5 Å². The molecule has 80 valence electrons. The van der Waals surface area contributed by atoms with Crippen LogP contribution in [0, 0.1) is 0 Å². The van der Waals surface area contributed by atoms with E-state index in [1.165, 1.54) is 0 Å². The third kappa shape index (κ3) is 3.24. The maximum Gasteiger partial charge on any atom is 0.150 e. The van der Waals surface area contributed by atoms with Gasteiger partial charge in [-0.15, -0.1) is 6.58 Å². The lowest BCUT2D eigenvalue weighted by molar-refractivity contribution is 0.112. The molecule has 0 spiro atoms. The first-order chi connectivity index (χ1) is 7.17. The van der Waals surface area contributed by atoms with Crippen LogP contribution in [0.25, 0.3) is 0 Å². The van der Waals surface area contributed by atoms with Crippen molar-refractivity contribution in [1.29, 1.82) is 0 Å². The summed E-state index contributed by atoms with van der Waals surface area (Å²) >= 11 is 0. The van der Waals surface area contributed by atoms with Crippen molar-refractivity contribution in [2.75, 3.05) is 7.11 Å². The molecule has 0 bridgehead atoms. The van der Waals surface area contributed by atoms with Crippen LogP contribution in [-0.2, 0) is 6.42 Å². The van der Waals surface area contributed by atoms with Gasteiger partial charge in [-0.2, -0.15) is 0 Å². The number of carbonyl (C=O) groups excluding carboxylic acids is 1. The molecule has 0 N–H and O–H groups in total. The van der Waals surface area contributed by atoms with Gasteiger partial charge < -0.3 is 4.74 Å². The van der Waals surface area contributed by atoms with Gasteiger partial charge in [0.2, 0.25) is 0 Å². The van der Waals surface area contributed by atoms with Crippen LogP contribution in [0.3, 0.4) is 0 Å². The number of aldehydes is 1. The van der Waals surface area contributed by atoms with E-state index in [1.54, 1.807) is 19.2 Å². The topological polar surface area (TPSA) is 26.3 Å². The lowest BCUT2D eigenvalue weighted by atomic mass is 10.0. The maximum atomic E-state index is 10.8. The fraction of sp³-hybridized carbons (Fsp3) is 0.308. The van der Waals surface area contributed by atoms with Crippen molar-refractivity contribution in [2.45, 2.75) is 19.8 Å². The Morgan fingerprint density at radius 2 is 2.27 bits per heavy atom. The molecule has 0 amide bonds. The summed E-state index contributed by atoms with van der Waals surface area (Å²) in [5.74, 6) is 0.789. The van der Waals surface area contributed by atoms with E-state index in [4.69, 9.17) is 4.74 Å². The molecular formula is C13H16O2. The summed E-state index contributed by atoms with van der Waals surface area (Å²) in [5.41, 5.74) is 2.87. The molecule has 0 aromatic heterocycles. The van der Waals surface area contributed by atoms with E-state index in [1.807, 2.05) is 13.0 Å². The maximum absolute atomic E-state index is 10.8. The molecule has 2 heteroatoms. The molecule has 15 heavy (non-hydrogen) atoms. The number of carbonyl (C=O) groups is 1. The predicted molar refractivity (Wildman–Crippen MR) is 61.5 cm³/mol. The zero-order valence-corrected chi connectivity index (χ0v) is 9.25. The van der Waals surface area contributed by atoms with Gasteiger partial charge in [-0.25, -0.2) is 0 Å². The minimum Gasteiger partial charge on any atom is -0.497 e. The van der Waals surface area contributed by atoms with E-state index in [2.05, 4.69) is 6.58 Å². The van der Waals surface area contributed by atoms with E-state index in [9.17, 15) is 4.79 Å². The predicted octanol–water partition coefficient (Wildman–Crippen LogP) is 3.02. The van der Waals surface area contributed by atoms with Crippen LogP contribution < -0.4 is 4.74 Å². The summed E-state index contributed by atoms with van der Waals surface area (Å²) in [6.07, 6.45) is 2.61. The molecule has 1 aromatic carbocycles. The van der Waals surface area contributed by atoms with E-state index in [0.29, 0.717) is 0 Å². The molecule has 0 saturated carbocycles. The van der Waals surface area contributed by atoms with Gasteiger partial charge in [-0.05, 0) is 43.5 Å². The van der Waals surface area contributed by atoms with E-state index >= 15 is 0 Å². The first-order valence-corrected chi connectivity index (χ1v) is 4.94. The number of benzene rings is 1. The van der Waals surface area contributed by atoms with Crippen molar-refractivity contribution >= 4 is 6.29 Å². The minimum absolute atomic E-state index is 0.733. The molecule has 1 rings (SSSR count). The number of ether oxygens (including phenoxy) is 1. The second kappa shape index (κ2) is 5.35. The molecule has 0 aliphatic rings. The number of methoxy groups -OCH3 is 1. The molecule has 1 aromatic rings. The van der Waals surface area contributed by atoms with Gasteiger partial charge >= 0.3 is 0 Å². The molecule has 0 unspecified atom stereocenters. The molecule has 0 heterocycles. The average molecular weight is 204 g/mol. The van der Waals surface area contributed by atoms with Crippen molar-refractivity contribution in [2.24, 2.45) is 0 Å². The lowest BCUT2D eigenvalue weighted by Crippen LogP contribution is -1.95. The van der Waals surface area contributed by atoms with Gasteiger partial charge in [0.25, 0.3) is 0 Å². The SMILES string of the molecule is C=C(C)CCc1cc(OC)ccc1C=O. The highest BCUT2D eigenvalue weighted by atomic mass is 16.5. The molecule has 0 aliphatic carbocycles. The Labute approximate surface area is 90.6 Å². The third-order valence-corrected chi connectivity index (χ3v) is 2.30. The normalized spacial score (nSPS) is 9.73. The van der Waals surface area contributed by atoms with Crippen LogP contribution in [0.5, 0.6) is 5.75 Å². The molecule has 0 aliphatic heterocycles. The van der Waals surface area contributed by atoms with Gasteiger partial charge in [0.05, 0.1) is 7.11 Å². The van der Waals surface area contributed by atoms with Gasteiger partial charge in [0, 0.05) is 5.56 Å². The number of aryl methyl sites for hydroxylation is 1. The first-order valence-electron chi connectivity index (χ1n) is 4.94. The third-order valence-electron chi connectivity index (χ3n) is 2.30. The minimum atomic E-state index is 0.733. The fourth-order valence-electron chi connectivity index (χ4n) is 1.39. The summed E-state index contributed by atoms with van der Waals surface area (Å²) in [6, 6.07) is 5.50. The smallest absolute Gasteiger partial charge is 0.150 e. The second-order valence-electron chi connectivity index (χ2n) is 3.64. The Hall–Kier alpha value is -1.57. The van der Waals surface area contributed by atoms with Gasteiger partial charge in [0.15, 0.2) is 0 Å². The van der Waals surface area contributed by atoms with Crippen LogP contribution in [0.2, 0.25) is 0 Å². The van der Waals surface area contributed by atoms with Crippen LogP contribution in [0.4, 0.5) is 0 Å². The van der Waals surface area contributed by atoms with Crippen LogP contribution >= 0.6 is 0 Å². The van der Waals surface area contributed by atoms with E-state index in [0.717, 1.165) is 41.6 Å². The summed E-state index contributed by atoms with van der Waals surface area (Å²) in [5, 5.41) is 0.